The highest BCUT2D eigenvalue weighted by Crippen LogP contribution is 2.50. The summed E-state index contributed by atoms with van der Waals surface area (Å²) in [6.45, 7) is 8.88. The van der Waals surface area contributed by atoms with E-state index in [4.69, 9.17) is 0 Å². The van der Waals surface area contributed by atoms with Crippen LogP contribution in [0.2, 0.25) is 0 Å². The molecule has 1 atom stereocenters. The molecular formula is C27H29N. The SMILES string of the molecule is CC1=C(c2ccc(C)cc2C)CCC(C2C3=C(CNCC3)c3ccccc32)=C1. The molecule has 1 heterocycles. The van der Waals surface area contributed by atoms with Crippen LogP contribution < -0.4 is 5.32 Å². The fourth-order valence-electron chi connectivity index (χ4n) is 5.55. The van der Waals surface area contributed by atoms with Crippen LogP contribution in [0, 0.1) is 13.8 Å². The van der Waals surface area contributed by atoms with E-state index in [1.54, 1.807) is 16.7 Å². The van der Waals surface area contributed by atoms with Gasteiger partial charge in [0.1, 0.15) is 0 Å². The highest BCUT2D eigenvalue weighted by molar-refractivity contribution is 5.82. The molecule has 0 aromatic heterocycles. The van der Waals surface area contributed by atoms with Gasteiger partial charge in [-0.1, -0.05) is 65.3 Å². The number of rotatable bonds is 2. The summed E-state index contributed by atoms with van der Waals surface area (Å²) in [5.41, 5.74) is 15.0. The van der Waals surface area contributed by atoms with Crippen molar-refractivity contribution >= 4 is 11.1 Å². The molecule has 0 spiro atoms. The summed E-state index contributed by atoms with van der Waals surface area (Å²) in [7, 11) is 0. The van der Waals surface area contributed by atoms with E-state index in [2.05, 4.69) is 74.6 Å². The Kier molecular flexibility index (Phi) is 4.36. The maximum Gasteiger partial charge on any atom is 0.0274 e. The van der Waals surface area contributed by atoms with E-state index in [9.17, 15) is 0 Å². The molecule has 0 radical (unpaired) electrons. The molecule has 0 fully saturated rings. The first-order valence-electron chi connectivity index (χ1n) is 10.6. The second-order valence-electron chi connectivity index (χ2n) is 8.65. The third kappa shape index (κ3) is 2.81. The Morgan fingerprint density at radius 1 is 0.857 bits per heavy atom. The first kappa shape index (κ1) is 17.7. The van der Waals surface area contributed by atoms with Gasteiger partial charge in [0.15, 0.2) is 0 Å². The van der Waals surface area contributed by atoms with Crippen LogP contribution in [0.5, 0.6) is 0 Å². The van der Waals surface area contributed by atoms with Gasteiger partial charge in [-0.05, 0) is 85.6 Å². The van der Waals surface area contributed by atoms with Crippen molar-refractivity contribution in [3.05, 3.63) is 93.1 Å². The van der Waals surface area contributed by atoms with Crippen LogP contribution in [0.25, 0.3) is 11.1 Å². The van der Waals surface area contributed by atoms with Crippen LogP contribution in [0.4, 0.5) is 0 Å². The lowest BCUT2D eigenvalue weighted by Crippen LogP contribution is -2.24. The van der Waals surface area contributed by atoms with E-state index in [-0.39, 0.29) is 0 Å². The predicted octanol–water partition coefficient (Wildman–Crippen LogP) is 6.34. The Morgan fingerprint density at radius 3 is 2.54 bits per heavy atom. The predicted molar refractivity (Wildman–Crippen MR) is 119 cm³/mol. The third-order valence-electron chi connectivity index (χ3n) is 6.83. The summed E-state index contributed by atoms with van der Waals surface area (Å²) in [6, 6.07) is 16.0. The van der Waals surface area contributed by atoms with Crippen LogP contribution in [-0.4, -0.2) is 13.1 Å². The third-order valence-corrected chi connectivity index (χ3v) is 6.83. The number of fused-ring (bicyclic) bond motifs is 2. The molecule has 28 heavy (non-hydrogen) atoms. The maximum absolute atomic E-state index is 3.58. The molecule has 0 bridgehead atoms. The molecule has 1 unspecified atom stereocenters. The molecular weight excluding hydrogens is 338 g/mol. The minimum atomic E-state index is 0.504. The fourth-order valence-corrected chi connectivity index (χ4v) is 5.55. The lowest BCUT2D eigenvalue weighted by molar-refractivity contribution is 0.686. The van der Waals surface area contributed by atoms with E-state index >= 15 is 0 Å². The fraction of sp³-hybridized carbons (Fsp3) is 0.333. The summed E-state index contributed by atoms with van der Waals surface area (Å²) < 4.78 is 0. The largest absolute Gasteiger partial charge is 0.312 e. The summed E-state index contributed by atoms with van der Waals surface area (Å²) in [5, 5.41) is 3.58. The number of hydrogen-bond donors (Lipinski definition) is 1. The van der Waals surface area contributed by atoms with Gasteiger partial charge in [0, 0.05) is 12.5 Å². The number of hydrogen-bond acceptors (Lipinski definition) is 1. The van der Waals surface area contributed by atoms with Gasteiger partial charge in [-0.25, -0.2) is 0 Å². The normalized spacial score (nSPS) is 21.5. The van der Waals surface area contributed by atoms with Crippen LogP contribution in [0.15, 0.2) is 65.3 Å². The van der Waals surface area contributed by atoms with Gasteiger partial charge in [0.25, 0.3) is 0 Å². The van der Waals surface area contributed by atoms with E-state index in [1.807, 2.05) is 0 Å². The Morgan fingerprint density at radius 2 is 1.71 bits per heavy atom. The molecule has 2 aromatic carbocycles. The molecule has 1 aliphatic heterocycles. The number of allylic oxidation sites excluding steroid dienone is 4. The first-order chi connectivity index (χ1) is 13.6. The number of aryl methyl sites for hydroxylation is 2. The minimum absolute atomic E-state index is 0.504. The van der Waals surface area contributed by atoms with Gasteiger partial charge < -0.3 is 5.32 Å². The zero-order chi connectivity index (χ0) is 19.3. The molecule has 0 amide bonds. The Balaban J connectivity index is 1.58. The number of benzene rings is 2. The zero-order valence-corrected chi connectivity index (χ0v) is 17.2. The van der Waals surface area contributed by atoms with Crippen LogP contribution in [0.1, 0.15) is 59.9 Å². The van der Waals surface area contributed by atoms with Crippen molar-refractivity contribution in [1.82, 2.24) is 5.32 Å². The Labute approximate surface area is 168 Å². The second-order valence-corrected chi connectivity index (χ2v) is 8.65. The molecule has 0 saturated carbocycles. The topological polar surface area (TPSA) is 12.0 Å². The smallest absolute Gasteiger partial charge is 0.0274 e. The summed E-state index contributed by atoms with van der Waals surface area (Å²) >= 11 is 0. The molecule has 142 valence electrons. The molecule has 1 nitrogen and oxygen atoms in total. The van der Waals surface area contributed by atoms with Crippen molar-refractivity contribution in [2.75, 3.05) is 13.1 Å². The van der Waals surface area contributed by atoms with Gasteiger partial charge in [0.05, 0.1) is 0 Å². The van der Waals surface area contributed by atoms with Crippen molar-refractivity contribution in [3.8, 4) is 0 Å². The molecule has 0 saturated heterocycles. The van der Waals surface area contributed by atoms with Crippen molar-refractivity contribution < 1.29 is 0 Å². The molecule has 5 rings (SSSR count). The average Bonchev–Trinajstić information content (AvgIpc) is 3.03. The van der Waals surface area contributed by atoms with Crippen LogP contribution >= 0.6 is 0 Å². The Hall–Kier alpha value is -2.38. The lowest BCUT2D eigenvalue weighted by Gasteiger charge is -2.27. The van der Waals surface area contributed by atoms with Crippen molar-refractivity contribution in [1.29, 1.82) is 0 Å². The van der Waals surface area contributed by atoms with E-state index < -0.39 is 0 Å². The molecule has 1 N–H and O–H groups in total. The number of nitrogens with one attached hydrogen (secondary N) is 1. The highest BCUT2D eigenvalue weighted by atomic mass is 14.9. The lowest BCUT2D eigenvalue weighted by atomic mass is 9.78. The van der Waals surface area contributed by atoms with Crippen molar-refractivity contribution in [2.45, 2.75) is 46.0 Å². The molecule has 2 aromatic rings. The van der Waals surface area contributed by atoms with Gasteiger partial charge in [-0.2, -0.15) is 0 Å². The Bertz CT molecular complexity index is 1050. The first-order valence-corrected chi connectivity index (χ1v) is 10.6. The van der Waals surface area contributed by atoms with Crippen molar-refractivity contribution in [3.63, 3.8) is 0 Å². The monoisotopic (exact) mass is 367 g/mol. The minimum Gasteiger partial charge on any atom is -0.312 e. The quantitative estimate of drug-likeness (QED) is 0.653. The summed E-state index contributed by atoms with van der Waals surface area (Å²) in [5.74, 6) is 0.504. The van der Waals surface area contributed by atoms with Gasteiger partial charge >= 0.3 is 0 Å². The van der Waals surface area contributed by atoms with Crippen LogP contribution in [0.3, 0.4) is 0 Å². The second kappa shape index (κ2) is 6.90. The highest BCUT2D eigenvalue weighted by Gasteiger charge is 2.34. The molecule has 3 aliphatic rings. The summed E-state index contributed by atoms with van der Waals surface area (Å²) in [4.78, 5) is 0. The van der Waals surface area contributed by atoms with Gasteiger partial charge in [0.2, 0.25) is 0 Å². The molecule has 1 heteroatoms. The van der Waals surface area contributed by atoms with Gasteiger partial charge in [-0.3, -0.25) is 0 Å². The van der Waals surface area contributed by atoms with Crippen molar-refractivity contribution in [2.24, 2.45) is 0 Å². The maximum atomic E-state index is 3.58. The zero-order valence-electron chi connectivity index (χ0n) is 17.2. The van der Waals surface area contributed by atoms with Crippen LogP contribution in [-0.2, 0) is 0 Å². The van der Waals surface area contributed by atoms with E-state index in [0.29, 0.717) is 5.92 Å². The molecule has 2 aliphatic carbocycles. The summed E-state index contributed by atoms with van der Waals surface area (Å²) in [6.07, 6.45) is 6.01. The van der Waals surface area contributed by atoms with Gasteiger partial charge in [-0.15, -0.1) is 0 Å². The van der Waals surface area contributed by atoms with E-state index in [1.165, 1.54) is 51.8 Å². The standard InChI is InChI=1S/C27H29N/c1-17-8-10-21(18(2)14-17)22-11-9-20(15-19(22)3)27-24-7-5-4-6-23(24)26-16-28-13-12-25(26)27/h4-8,10,14-15,27-28H,9,11-13,16H2,1-3H3. The van der Waals surface area contributed by atoms with E-state index in [0.717, 1.165) is 19.5 Å². The average molecular weight is 368 g/mol.